The Balaban J connectivity index is 1.77. The summed E-state index contributed by atoms with van der Waals surface area (Å²) < 4.78 is 10.7. The van der Waals surface area contributed by atoms with Gasteiger partial charge in [0.25, 0.3) is 5.91 Å². The van der Waals surface area contributed by atoms with E-state index in [4.69, 9.17) is 9.47 Å². The summed E-state index contributed by atoms with van der Waals surface area (Å²) in [6, 6.07) is 15.8. The molecule has 0 saturated heterocycles. The minimum Gasteiger partial charge on any atom is -0.493 e. The monoisotopic (exact) mass is 325 g/mol. The molecular weight excluding hydrogens is 302 g/mol. The zero-order valence-electron chi connectivity index (χ0n) is 14.1. The van der Waals surface area contributed by atoms with E-state index in [0.717, 1.165) is 6.42 Å². The quantitative estimate of drug-likeness (QED) is 0.848. The Labute approximate surface area is 142 Å². The van der Waals surface area contributed by atoms with Gasteiger partial charge in [-0.15, -0.1) is 0 Å². The zero-order chi connectivity index (χ0) is 16.9. The van der Waals surface area contributed by atoms with Crippen molar-refractivity contribution in [3.05, 3.63) is 59.7 Å². The number of nitrogens with one attached hydrogen (secondary N) is 1. The fourth-order valence-corrected chi connectivity index (χ4v) is 3.01. The standard InChI is InChI=1S/C20H23NO3/c1-23-18-10-6-9-16(19(18)24-2)20(22)21-17(15-11-12-15)13-14-7-4-3-5-8-14/h3-10,15,17H,11-13H2,1-2H3,(H,21,22). The van der Waals surface area contributed by atoms with Crippen molar-refractivity contribution in [3.63, 3.8) is 0 Å². The second-order valence-corrected chi connectivity index (χ2v) is 6.15. The molecule has 1 aliphatic rings. The molecule has 1 fully saturated rings. The van der Waals surface area contributed by atoms with Crippen LogP contribution in [0.4, 0.5) is 0 Å². The number of rotatable bonds is 7. The summed E-state index contributed by atoms with van der Waals surface area (Å²) in [6.07, 6.45) is 3.20. The first kappa shape index (κ1) is 16.4. The summed E-state index contributed by atoms with van der Waals surface area (Å²) in [5, 5.41) is 3.20. The van der Waals surface area contributed by atoms with E-state index in [-0.39, 0.29) is 11.9 Å². The lowest BCUT2D eigenvalue weighted by Crippen LogP contribution is -2.38. The third-order valence-corrected chi connectivity index (χ3v) is 4.45. The summed E-state index contributed by atoms with van der Waals surface area (Å²) in [5.74, 6) is 1.49. The molecule has 1 aliphatic carbocycles. The zero-order valence-corrected chi connectivity index (χ0v) is 14.1. The van der Waals surface area contributed by atoms with E-state index in [1.807, 2.05) is 18.2 Å². The second-order valence-electron chi connectivity index (χ2n) is 6.15. The Morgan fingerprint density at radius 1 is 1.08 bits per heavy atom. The molecule has 2 aromatic carbocycles. The van der Waals surface area contributed by atoms with Crippen molar-refractivity contribution in [2.75, 3.05) is 14.2 Å². The third-order valence-electron chi connectivity index (χ3n) is 4.45. The number of hydrogen-bond acceptors (Lipinski definition) is 3. The van der Waals surface area contributed by atoms with Gasteiger partial charge in [0, 0.05) is 6.04 Å². The number of benzene rings is 2. The second kappa shape index (κ2) is 7.39. The topological polar surface area (TPSA) is 47.6 Å². The first-order chi connectivity index (χ1) is 11.7. The highest BCUT2D eigenvalue weighted by atomic mass is 16.5. The summed E-state index contributed by atoms with van der Waals surface area (Å²) in [7, 11) is 3.12. The van der Waals surface area contributed by atoms with Gasteiger partial charge in [0.1, 0.15) is 0 Å². The minimum atomic E-state index is -0.112. The lowest BCUT2D eigenvalue weighted by atomic mass is 10.0. The highest BCUT2D eigenvalue weighted by Crippen LogP contribution is 2.35. The molecule has 3 rings (SSSR count). The molecule has 0 spiro atoms. The van der Waals surface area contributed by atoms with Crippen molar-refractivity contribution in [3.8, 4) is 11.5 Å². The number of amides is 1. The van der Waals surface area contributed by atoms with Gasteiger partial charge in [0.15, 0.2) is 11.5 Å². The molecule has 0 aromatic heterocycles. The first-order valence-corrected chi connectivity index (χ1v) is 8.28. The number of hydrogen-bond donors (Lipinski definition) is 1. The average Bonchev–Trinajstić information content (AvgIpc) is 3.46. The van der Waals surface area contributed by atoms with Gasteiger partial charge in [-0.05, 0) is 42.9 Å². The van der Waals surface area contributed by atoms with Crippen molar-refractivity contribution < 1.29 is 14.3 Å². The molecule has 1 saturated carbocycles. The molecule has 0 radical (unpaired) electrons. The van der Waals surface area contributed by atoms with Crippen molar-refractivity contribution in [2.45, 2.75) is 25.3 Å². The molecule has 1 atom stereocenters. The van der Waals surface area contributed by atoms with Crippen LogP contribution in [0.2, 0.25) is 0 Å². The lowest BCUT2D eigenvalue weighted by Gasteiger charge is -2.20. The summed E-state index contributed by atoms with van der Waals surface area (Å²) in [5.41, 5.74) is 1.75. The smallest absolute Gasteiger partial charge is 0.255 e. The molecule has 1 amide bonds. The summed E-state index contributed by atoms with van der Waals surface area (Å²) >= 11 is 0. The molecular formula is C20H23NO3. The Bertz CT molecular complexity index is 695. The molecule has 0 bridgehead atoms. The first-order valence-electron chi connectivity index (χ1n) is 8.28. The number of para-hydroxylation sites is 1. The van der Waals surface area contributed by atoms with E-state index in [0.29, 0.717) is 23.0 Å². The van der Waals surface area contributed by atoms with Crippen LogP contribution < -0.4 is 14.8 Å². The summed E-state index contributed by atoms with van der Waals surface area (Å²) in [6.45, 7) is 0. The van der Waals surface area contributed by atoms with Crippen LogP contribution in [-0.4, -0.2) is 26.2 Å². The molecule has 2 aromatic rings. The maximum Gasteiger partial charge on any atom is 0.255 e. The molecule has 0 aliphatic heterocycles. The van der Waals surface area contributed by atoms with Crippen LogP contribution >= 0.6 is 0 Å². The molecule has 126 valence electrons. The van der Waals surface area contributed by atoms with Crippen LogP contribution in [0.25, 0.3) is 0 Å². The fraction of sp³-hybridized carbons (Fsp3) is 0.350. The Kier molecular flexibility index (Phi) is 5.04. The van der Waals surface area contributed by atoms with Gasteiger partial charge in [-0.25, -0.2) is 0 Å². The van der Waals surface area contributed by atoms with Gasteiger partial charge >= 0.3 is 0 Å². The van der Waals surface area contributed by atoms with Crippen LogP contribution in [0.3, 0.4) is 0 Å². The van der Waals surface area contributed by atoms with Crippen molar-refractivity contribution >= 4 is 5.91 Å². The highest BCUT2D eigenvalue weighted by Gasteiger charge is 2.33. The maximum absolute atomic E-state index is 12.8. The van der Waals surface area contributed by atoms with Gasteiger partial charge in [-0.2, -0.15) is 0 Å². The number of carbonyl (C=O) groups is 1. The number of methoxy groups -OCH3 is 2. The van der Waals surface area contributed by atoms with E-state index in [1.165, 1.54) is 18.4 Å². The molecule has 4 nitrogen and oxygen atoms in total. The molecule has 1 N–H and O–H groups in total. The van der Waals surface area contributed by atoms with Gasteiger partial charge in [0.2, 0.25) is 0 Å². The number of carbonyl (C=O) groups excluding carboxylic acids is 1. The van der Waals surface area contributed by atoms with E-state index in [9.17, 15) is 4.79 Å². The van der Waals surface area contributed by atoms with Crippen LogP contribution in [0, 0.1) is 5.92 Å². The van der Waals surface area contributed by atoms with Crippen LogP contribution in [0.1, 0.15) is 28.8 Å². The van der Waals surface area contributed by atoms with Crippen molar-refractivity contribution in [1.82, 2.24) is 5.32 Å². The molecule has 4 heteroatoms. The van der Waals surface area contributed by atoms with Gasteiger partial charge < -0.3 is 14.8 Å². The fourth-order valence-electron chi connectivity index (χ4n) is 3.01. The van der Waals surface area contributed by atoms with Gasteiger partial charge in [-0.3, -0.25) is 4.79 Å². The van der Waals surface area contributed by atoms with Crippen molar-refractivity contribution in [2.24, 2.45) is 5.92 Å². The third kappa shape index (κ3) is 3.70. The highest BCUT2D eigenvalue weighted by molar-refractivity contribution is 5.98. The Morgan fingerprint density at radius 2 is 1.83 bits per heavy atom. The predicted octanol–water partition coefficient (Wildman–Crippen LogP) is 3.45. The Morgan fingerprint density at radius 3 is 2.46 bits per heavy atom. The van der Waals surface area contributed by atoms with Crippen LogP contribution in [0.5, 0.6) is 11.5 Å². The van der Waals surface area contributed by atoms with E-state index in [2.05, 4.69) is 17.4 Å². The van der Waals surface area contributed by atoms with Crippen molar-refractivity contribution in [1.29, 1.82) is 0 Å². The molecule has 24 heavy (non-hydrogen) atoms. The van der Waals surface area contributed by atoms with Crippen LogP contribution in [0.15, 0.2) is 48.5 Å². The largest absolute Gasteiger partial charge is 0.493 e. The molecule has 1 unspecified atom stereocenters. The van der Waals surface area contributed by atoms with Gasteiger partial charge in [0.05, 0.1) is 19.8 Å². The number of ether oxygens (including phenoxy) is 2. The Hall–Kier alpha value is -2.49. The predicted molar refractivity (Wildman–Crippen MR) is 93.7 cm³/mol. The molecule has 0 heterocycles. The normalized spacial score (nSPS) is 14.8. The lowest BCUT2D eigenvalue weighted by molar-refractivity contribution is 0.0928. The van der Waals surface area contributed by atoms with E-state index < -0.39 is 0 Å². The SMILES string of the molecule is COc1cccc(C(=O)NC(Cc2ccccc2)C2CC2)c1OC. The average molecular weight is 325 g/mol. The summed E-state index contributed by atoms with van der Waals surface area (Å²) in [4.78, 5) is 12.8. The minimum absolute atomic E-state index is 0.112. The van der Waals surface area contributed by atoms with E-state index >= 15 is 0 Å². The van der Waals surface area contributed by atoms with Gasteiger partial charge in [-0.1, -0.05) is 36.4 Å². The van der Waals surface area contributed by atoms with Crippen LogP contribution in [-0.2, 0) is 6.42 Å². The maximum atomic E-state index is 12.8. The van der Waals surface area contributed by atoms with E-state index in [1.54, 1.807) is 32.4 Å².